The Kier molecular flexibility index (Phi) is 7.42. The summed E-state index contributed by atoms with van der Waals surface area (Å²) in [5, 5.41) is 11.7. The number of hydrogen-bond acceptors (Lipinski definition) is 3. The van der Waals surface area contributed by atoms with E-state index in [1.807, 2.05) is 20.9 Å². The van der Waals surface area contributed by atoms with Crippen molar-refractivity contribution in [3.63, 3.8) is 0 Å². The maximum absolute atomic E-state index is 11.8. The normalized spacial score (nSPS) is 12.6. The van der Waals surface area contributed by atoms with E-state index in [9.17, 15) is 4.79 Å². The van der Waals surface area contributed by atoms with Crippen molar-refractivity contribution in [1.82, 2.24) is 10.2 Å². The van der Waals surface area contributed by atoms with Crippen LogP contribution in [0.15, 0.2) is 0 Å². The first-order chi connectivity index (χ1) is 6.67. The molecule has 1 unspecified atom stereocenters. The van der Waals surface area contributed by atoms with Gasteiger partial charge in [-0.25, -0.2) is 0 Å². The second kappa shape index (κ2) is 7.76. The molecule has 84 valence electrons. The Bertz CT molecular complexity index is 162. The standard InChI is InChI=1S/C10H22N2O2/c1-4-12(6-5-7-13)10(14)9(2)8-11-3/h9,11,13H,4-8H2,1-3H3. The van der Waals surface area contributed by atoms with Crippen LogP contribution in [0.25, 0.3) is 0 Å². The molecule has 0 aliphatic carbocycles. The monoisotopic (exact) mass is 202 g/mol. The molecule has 0 heterocycles. The molecule has 0 aromatic carbocycles. The summed E-state index contributed by atoms with van der Waals surface area (Å²) < 4.78 is 0. The summed E-state index contributed by atoms with van der Waals surface area (Å²) in [6.07, 6.45) is 0.659. The van der Waals surface area contributed by atoms with Gasteiger partial charge in [0.05, 0.1) is 0 Å². The van der Waals surface area contributed by atoms with E-state index >= 15 is 0 Å². The van der Waals surface area contributed by atoms with Crippen LogP contribution in [0.1, 0.15) is 20.3 Å². The fraction of sp³-hybridized carbons (Fsp3) is 0.900. The molecule has 0 aliphatic heterocycles. The van der Waals surface area contributed by atoms with Crippen LogP contribution in [0.3, 0.4) is 0 Å². The maximum Gasteiger partial charge on any atom is 0.226 e. The summed E-state index contributed by atoms with van der Waals surface area (Å²) >= 11 is 0. The Morgan fingerprint density at radius 3 is 2.64 bits per heavy atom. The summed E-state index contributed by atoms with van der Waals surface area (Å²) in [5.41, 5.74) is 0. The molecule has 14 heavy (non-hydrogen) atoms. The molecular formula is C10H22N2O2. The first-order valence-electron chi connectivity index (χ1n) is 5.21. The van der Waals surface area contributed by atoms with Gasteiger partial charge >= 0.3 is 0 Å². The second-order valence-electron chi connectivity index (χ2n) is 3.45. The topological polar surface area (TPSA) is 52.6 Å². The highest BCUT2D eigenvalue weighted by atomic mass is 16.3. The number of carbonyl (C=O) groups excluding carboxylic acids is 1. The number of nitrogens with zero attached hydrogens (tertiary/aromatic N) is 1. The Morgan fingerprint density at radius 2 is 2.21 bits per heavy atom. The highest BCUT2D eigenvalue weighted by Gasteiger charge is 2.17. The molecule has 0 saturated heterocycles. The van der Waals surface area contributed by atoms with Crippen LogP contribution in [0.2, 0.25) is 0 Å². The van der Waals surface area contributed by atoms with E-state index < -0.39 is 0 Å². The van der Waals surface area contributed by atoms with Gasteiger partial charge in [-0.3, -0.25) is 4.79 Å². The van der Waals surface area contributed by atoms with Crippen molar-refractivity contribution in [2.24, 2.45) is 5.92 Å². The van der Waals surface area contributed by atoms with Gasteiger partial charge in [0, 0.05) is 32.2 Å². The third-order valence-electron chi connectivity index (χ3n) is 2.21. The van der Waals surface area contributed by atoms with Gasteiger partial charge in [-0.1, -0.05) is 6.92 Å². The Balaban J connectivity index is 4.01. The van der Waals surface area contributed by atoms with Crippen molar-refractivity contribution in [2.45, 2.75) is 20.3 Å². The van der Waals surface area contributed by atoms with Crippen molar-refractivity contribution in [3.05, 3.63) is 0 Å². The Labute approximate surface area is 86.3 Å². The first kappa shape index (κ1) is 13.4. The third kappa shape index (κ3) is 4.58. The number of aliphatic hydroxyl groups is 1. The quantitative estimate of drug-likeness (QED) is 0.614. The molecule has 0 rings (SSSR count). The molecule has 4 heteroatoms. The molecular weight excluding hydrogens is 180 g/mol. The van der Waals surface area contributed by atoms with Gasteiger partial charge in [-0.2, -0.15) is 0 Å². The minimum atomic E-state index is 0.0126. The molecule has 0 aliphatic rings. The van der Waals surface area contributed by atoms with Crippen molar-refractivity contribution < 1.29 is 9.90 Å². The highest BCUT2D eigenvalue weighted by molar-refractivity contribution is 5.78. The SMILES string of the molecule is CCN(CCCO)C(=O)C(C)CNC. The zero-order chi connectivity index (χ0) is 11.0. The molecule has 4 nitrogen and oxygen atoms in total. The van der Waals surface area contributed by atoms with Gasteiger partial charge in [-0.05, 0) is 20.4 Å². The summed E-state index contributed by atoms with van der Waals surface area (Å²) in [6.45, 7) is 6.09. The van der Waals surface area contributed by atoms with Crippen molar-refractivity contribution in [2.75, 3.05) is 33.3 Å². The number of aliphatic hydroxyl groups excluding tert-OH is 1. The van der Waals surface area contributed by atoms with Gasteiger partial charge in [-0.15, -0.1) is 0 Å². The molecule has 0 radical (unpaired) electrons. The van der Waals surface area contributed by atoms with Crippen LogP contribution in [-0.2, 0) is 4.79 Å². The molecule has 1 atom stereocenters. The fourth-order valence-corrected chi connectivity index (χ4v) is 1.39. The van der Waals surface area contributed by atoms with Crippen LogP contribution in [0.4, 0.5) is 0 Å². The summed E-state index contributed by atoms with van der Waals surface area (Å²) in [6, 6.07) is 0. The Morgan fingerprint density at radius 1 is 1.57 bits per heavy atom. The molecule has 0 bridgehead atoms. The Hall–Kier alpha value is -0.610. The van der Waals surface area contributed by atoms with E-state index in [0.29, 0.717) is 26.1 Å². The number of nitrogens with one attached hydrogen (secondary N) is 1. The van der Waals surface area contributed by atoms with Crippen LogP contribution in [-0.4, -0.2) is 49.2 Å². The third-order valence-corrected chi connectivity index (χ3v) is 2.21. The fourth-order valence-electron chi connectivity index (χ4n) is 1.39. The smallest absolute Gasteiger partial charge is 0.226 e. The van der Waals surface area contributed by atoms with Gasteiger partial charge in [0.15, 0.2) is 0 Å². The molecule has 0 aromatic rings. The highest BCUT2D eigenvalue weighted by Crippen LogP contribution is 2.02. The summed E-state index contributed by atoms with van der Waals surface area (Å²) in [5.74, 6) is 0.175. The lowest BCUT2D eigenvalue weighted by Crippen LogP contribution is -2.39. The van der Waals surface area contributed by atoms with E-state index in [4.69, 9.17) is 5.11 Å². The van der Waals surface area contributed by atoms with Gasteiger partial charge in [0.2, 0.25) is 5.91 Å². The number of carbonyl (C=O) groups is 1. The van der Waals surface area contributed by atoms with E-state index in [0.717, 1.165) is 0 Å². The zero-order valence-electron chi connectivity index (χ0n) is 9.42. The van der Waals surface area contributed by atoms with E-state index in [2.05, 4.69) is 5.32 Å². The molecule has 0 fully saturated rings. The predicted molar refractivity (Wildman–Crippen MR) is 57.0 cm³/mol. The first-order valence-corrected chi connectivity index (χ1v) is 5.21. The lowest BCUT2D eigenvalue weighted by atomic mass is 10.1. The van der Waals surface area contributed by atoms with Crippen LogP contribution in [0, 0.1) is 5.92 Å². The largest absolute Gasteiger partial charge is 0.396 e. The minimum absolute atomic E-state index is 0.0126. The lowest BCUT2D eigenvalue weighted by molar-refractivity contribution is -0.134. The zero-order valence-corrected chi connectivity index (χ0v) is 9.42. The number of rotatable bonds is 7. The van der Waals surface area contributed by atoms with E-state index in [-0.39, 0.29) is 18.4 Å². The van der Waals surface area contributed by atoms with Crippen LogP contribution >= 0.6 is 0 Å². The average Bonchev–Trinajstić information content (AvgIpc) is 2.19. The molecule has 0 saturated carbocycles. The molecule has 0 spiro atoms. The molecule has 1 amide bonds. The predicted octanol–water partition coefficient (Wildman–Crippen LogP) is 0.0728. The molecule has 2 N–H and O–H groups in total. The second-order valence-corrected chi connectivity index (χ2v) is 3.45. The summed E-state index contributed by atoms with van der Waals surface area (Å²) in [4.78, 5) is 13.6. The van der Waals surface area contributed by atoms with Crippen LogP contribution < -0.4 is 5.32 Å². The summed E-state index contributed by atoms with van der Waals surface area (Å²) in [7, 11) is 1.84. The number of hydrogen-bond donors (Lipinski definition) is 2. The van der Waals surface area contributed by atoms with E-state index in [1.54, 1.807) is 4.90 Å². The lowest BCUT2D eigenvalue weighted by Gasteiger charge is -2.24. The van der Waals surface area contributed by atoms with Crippen molar-refractivity contribution >= 4 is 5.91 Å². The van der Waals surface area contributed by atoms with Gasteiger partial charge in [0.1, 0.15) is 0 Å². The van der Waals surface area contributed by atoms with Gasteiger partial charge < -0.3 is 15.3 Å². The average molecular weight is 202 g/mol. The minimum Gasteiger partial charge on any atom is -0.396 e. The molecule has 0 aromatic heterocycles. The van der Waals surface area contributed by atoms with Gasteiger partial charge in [0.25, 0.3) is 0 Å². The van der Waals surface area contributed by atoms with Crippen molar-refractivity contribution in [3.8, 4) is 0 Å². The van der Waals surface area contributed by atoms with Crippen molar-refractivity contribution in [1.29, 1.82) is 0 Å². The number of amides is 1. The van der Waals surface area contributed by atoms with E-state index in [1.165, 1.54) is 0 Å². The van der Waals surface area contributed by atoms with Crippen LogP contribution in [0.5, 0.6) is 0 Å². The maximum atomic E-state index is 11.8.